The second kappa shape index (κ2) is 7.41. The van der Waals surface area contributed by atoms with Crippen LogP contribution in [0.15, 0.2) is 41.3 Å². The monoisotopic (exact) mass is 335 g/mol. The Balaban J connectivity index is 1.98. The lowest BCUT2D eigenvalue weighted by molar-refractivity contribution is -0.115. The van der Waals surface area contributed by atoms with Crippen molar-refractivity contribution in [2.45, 2.75) is 38.1 Å². The fourth-order valence-electron chi connectivity index (χ4n) is 2.21. The van der Waals surface area contributed by atoms with E-state index in [1.54, 1.807) is 28.9 Å². The first kappa shape index (κ1) is 17.2. The van der Waals surface area contributed by atoms with Crippen LogP contribution in [0.3, 0.4) is 0 Å². The molecule has 0 spiro atoms. The molecule has 0 radical (unpaired) electrons. The fourth-order valence-corrected chi connectivity index (χ4v) is 3.47. The molecule has 0 unspecified atom stereocenters. The highest BCUT2D eigenvalue weighted by Crippen LogP contribution is 2.14. The van der Waals surface area contributed by atoms with Crippen LogP contribution in [-0.2, 0) is 21.2 Å². The Morgan fingerprint density at radius 2 is 1.96 bits per heavy atom. The number of nitrogens with one attached hydrogen (secondary N) is 1. The van der Waals surface area contributed by atoms with Gasteiger partial charge in [0.2, 0.25) is 5.91 Å². The number of carbonyl (C=O) groups excluding carboxylic acids is 1. The van der Waals surface area contributed by atoms with Crippen LogP contribution in [0.2, 0.25) is 0 Å². The molecule has 23 heavy (non-hydrogen) atoms. The molecule has 2 aromatic rings. The zero-order valence-corrected chi connectivity index (χ0v) is 14.1. The third-order valence-electron chi connectivity index (χ3n) is 3.31. The molecular weight excluding hydrogens is 314 g/mol. The van der Waals surface area contributed by atoms with Crippen LogP contribution in [-0.4, -0.2) is 29.9 Å². The van der Waals surface area contributed by atoms with Gasteiger partial charge in [0, 0.05) is 19.0 Å². The molecule has 1 amide bonds. The normalized spacial score (nSPS) is 11.4. The first-order valence-electron chi connectivity index (χ1n) is 7.54. The molecule has 7 heteroatoms. The summed E-state index contributed by atoms with van der Waals surface area (Å²) < 4.78 is 26.1. The van der Waals surface area contributed by atoms with Crippen molar-refractivity contribution in [2.24, 2.45) is 0 Å². The quantitative estimate of drug-likeness (QED) is 0.842. The second-order valence-corrected chi connectivity index (χ2v) is 7.43. The van der Waals surface area contributed by atoms with Crippen LogP contribution in [0, 0.1) is 6.92 Å². The highest BCUT2D eigenvalue weighted by atomic mass is 32.2. The Kier molecular flexibility index (Phi) is 5.54. The standard InChI is InChI=1S/C16H21N3O3S/c1-3-10-19-15(12-13(2)18-19)17-16(20)9-11-23(21,22)14-7-5-4-6-8-14/h4-8,12H,3,9-11H2,1-2H3,(H,17,20). The number of rotatable bonds is 7. The summed E-state index contributed by atoms with van der Waals surface area (Å²) in [4.78, 5) is 12.3. The summed E-state index contributed by atoms with van der Waals surface area (Å²) in [5.74, 6) is 0.0530. The lowest BCUT2D eigenvalue weighted by Gasteiger charge is -2.08. The predicted octanol–water partition coefficient (Wildman–Crippen LogP) is 2.40. The Labute approximate surface area is 136 Å². The van der Waals surface area contributed by atoms with Crippen LogP contribution < -0.4 is 5.32 Å². The van der Waals surface area contributed by atoms with Crippen molar-refractivity contribution in [3.8, 4) is 0 Å². The Hall–Kier alpha value is -2.15. The molecule has 1 aromatic heterocycles. The number of hydrogen-bond donors (Lipinski definition) is 1. The number of amides is 1. The van der Waals surface area contributed by atoms with E-state index in [4.69, 9.17) is 0 Å². The van der Waals surface area contributed by atoms with Gasteiger partial charge in [-0.1, -0.05) is 25.1 Å². The van der Waals surface area contributed by atoms with E-state index in [1.165, 1.54) is 12.1 Å². The van der Waals surface area contributed by atoms with Gasteiger partial charge in [-0.15, -0.1) is 0 Å². The van der Waals surface area contributed by atoms with Gasteiger partial charge < -0.3 is 5.32 Å². The van der Waals surface area contributed by atoms with Crippen molar-refractivity contribution in [3.63, 3.8) is 0 Å². The van der Waals surface area contributed by atoms with Crippen LogP contribution in [0.25, 0.3) is 0 Å². The largest absolute Gasteiger partial charge is 0.311 e. The number of aryl methyl sites for hydroxylation is 2. The molecule has 6 nitrogen and oxygen atoms in total. The van der Waals surface area contributed by atoms with E-state index in [2.05, 4.69) is 10.4 Å². The van der Waals surface area contributed by atoms with E-state index < -0.39 is 9.84 Å². The maximum absolute atomic E-state index is 12.2. The molecule has 124 valence electrons. The van der Waals surface area contributed by atoms with Gasteiger partial charge in [0.25, 0.3) is 0 Å². The van der Waals surface area contributed by atoms with Crippen LogP contribution in [0.5, 0.6) is 0 Å². The summed E-state index contributed by atoms with van der Waals surface area (Å²) >= 11 is 0. The van der Waals surface area contributed by atoms with Gasteiger partial charge >= 0.3 is 0 Å². The molecule has 0 aliphatic heterocycles. The van der Waals surface area contributed by atoms with Crippen molar-refractivity contribution in [3.05, 3.63) is 42.1 Å². The number of aromatic nitrogens is 2. The van der Waals surface area contributed by atoms with Gasteiger partial charge in [-0.3, -0.25) is 4.79 Å². The first-order chi connectivity index (χ1) is 10.9. The maximum Gasteiger partial charge on any atom is 0.226 e. The van der Waals surface area contributed by atoms with Crippen molar-refractivity contribution in [2.75, 3.05) is 11.1 Å². The Morgan fingerprint density at radius 3 is 2.61 bits per heavy atom. The minimum absolute atomic E-state index is 0.0897. The number of sulfone groups is 1. The molecule has 0 atom stereocenters. The number of hydrogen-bond acceptors (Lipinski definition) is 4. The molecule has 1 aromatic carbocycles. The zero-order valence-electron chi connectivity index (χ0n) is 13.3. The van der Waals surface area contributed by atoms with Crippen LogP contribution in [0.4, 0.5) is 5.82 Å². The van der Waals surface area contributed by atoms with Gasteiger partial charge in [0.05, 0.1) is 16.3 Å². The maximum atomic E-state index is 12.2. The van der Waals surface area contributed by atoms with Crippen molar-refractivity contribution in [1.82, 2.24) is 9.78 Å². The van der Waals surface area contributed by atoms with Crippen LogP contribution >= 0.6 is 0 Å². The lowest BCUT2D eigenvalue weighted by atomic mass is 10.4. The minimum atomic E-state index is -3.45. The molecule has 1 N–H and O–H groups in total. The van der Waals surface area contributed by atoms with Gasteiger partial charge in [-0.05, 0) is 25.5 Å². The third-order valence-corrected chi connectivity index (χ3v) is 5.04. The van der Waals surface area contributed by atoms with E-state index in [0.717, 1.165) is 12.1 Å². The molecule has 0 bridgehead atoms. The smallest absolute Gasteiger partial charge is 0.226 e. The van der Waals surface area contributed by atoms with Gasteiger partial charge in [-0.25, -0.2) is 13.1 Å². The van der Waals surface area contributed by atoms with E-state index in [0.29, 0.717) is 12.4 Å². The third kappa shape index (κ3) is 4.66. The number of nitrogens with zero attached hydrogens (tertiary/aromatic N) is 2. The fraction of sp³-hybridized carbons (Fsp3) is 0.375. The summed E-state index contributed by atoms with van der Waals surface area (Å²) in [6.07, 6.45) is 0.806. The molecule has 0 saturated carbocycles. The number of carbonyl (C=O) groups is 1. The second-order valence-electron chi connectivity index (χ2n) is 5.32. The topological polar surface area (TPSA) is 81.1 Å². The molecule has 0 fully saturated rings. The summed E-state index contributed by atoms with van der Waals surface area (Å²) in [5, 5.41) is 7.03. The number of benzene rings is 1. The van der Waals surface area contributed by atoms with Crippen molar-refractivity contribution in [1.29, 1.82) is 0 Å². The highest BCUT2D eigenvalue weighted by Gasteiger charge is 2.17. The van der Waals surface area contributed by atoms with E-state index in [-0.39, 0.29) is 23.0 Å². The zero-order chi connectivity index (χ0) is 16.9. The van der Waals surface area contributed by atoms with Crippen molar-refractivity contribution >= 4 is 21.6 Å². The summed E-state index contributed by atoms with van der Waals surface area (Å²) in [7, 11) is -3.45. The predicted molar refractivity (Wildman–Crippen MR) is 89.0 cm³/mol. The SMILES string of the molecule is CCCn1nc(C)cc1NC(=O)CCS(=O)(=O)c1ccccc1. The van der Waals surface area contributed by atoms with E-state index >= 15 is 0 Å². The van der Waals surface area contributed by atoms with E-state index in [9.17, 15) is 13.2 Å². The number of anilines is 1. The summed E-state index contributed by atoms with van der Waals surface area (Å²) in [5.41, 5.74) is 0.811. The van der Waals surface area contributed by atoms with E-state index in [1.807, 2.05) is 13.8 Å². The van der Waals surface area contributed by atoms with Crippen molar-refractivity contribution < 1.29 is 13.2 Å². The molecule has 1 heterocycles. The van der Waals surface area contributed by atoms with Crippen LogP contribution in [0.1, 0.15) is 25.5 Å². The molecule has 0 aliphatic carbocycles. The highest BCUT2D eigenvalue weighted by molar-refractivity contribution is 7.91. The van der Waals surface area contributed by atoms with Gasteiger partial charge in [-0.2, -0.15) is 5.10 Å². The molecule has 2 rings (SSSR count). The first-order valence-corrected chi connectivity index (χ1v) is 9.19. The Bertz CT molecular complexity index is 767. The lowest BCUT2D eigenvalue weighted by Crippen LogP contribution is -2.19. The minimum Gasteiger partial charge on any atom is -0.311 e. The van der Waals surface area contributed by atoms with Gasteiger partial charge in [0.1, 0.15) is 5.82 Å². The molecule has 0 aliphatic rings. The average molecular weight is 335 g/mol. The molecule has 0 saturated heterocycles. The summed E-state index contributed by atoms with van der Waals surface area (Å²) in [6, 6.07) is 9.93. The average Bonchev–Trinajstić information content (AvgIpc) is 2.86. The summed E-state index contributed by atoms with van der Waals surface area (Å²) in [6.45, 7) is 4.57. The Morgan fingerprint density at radius 1 is 1.26 bits per heavy atom. The van der Waals surface area contributed by atoms with Gasteiger partial charge in [0.15, 0.2) is 9.84 Å². The molecular formula is C16H21N3O3S.